The van der Waals surface area contributed by atoms with E-state index in [1.807, 2.05) is 18.7 Å². The molecule has 0 atom stereocenters. The fourth-order valence-corrected chi connectivity index (χ4v) is 2.95. The van der Waals surface area contributed by atoms with Crippen LogP contribution < -0.4 is 10.6 Å². The average Bonchev–Trinajstić information content (AvgIpc) is 2.54. The summed E-state index contributed by atoms with van der Waals surface area (Å²) in [5.74, 6) is -2.40. The Balaban J connectivity index is 1.78. The molecule has 0 radical (unpaired) electrons. The van der Waals surface area contributed by atoms with Crippen LogP contribution in [0.25, 0.3) is 0 Å². The van der Waals surface area contributed by atoms with Gasteiger partial charge in [-0.3, -0.25) is 4.79 Å². The minimum absolute atomic E-state index is 0.00246. The second-order valence-corrected chi connectivity index (χ2v) is 7.32. The Bertz CT molecular complexity index is 619. The summed E-state index contributed by atoms with van der Waals surface area (Å²) in [4.78, 5) is 26.0. The number of rotatable bonds is 5. The van der Waals surface area contributed by atoms with Gasteiger partial charge in [0, 0.05) is 43.7 Å². The molecule has 1 aliphatic heterocycles. The highest BCUT2D eigenvalue weighted by Crippen LogP contribution is 2.27. The maximum atomic E-state index is 13.2. The van der Waals surface area contributed by atoms with Gasteiger partial charge in [-0.2, -0.15) is 0 Å². The van der Waals surface area contributed by atoms with Gasteiger partial charge >= 0.3 is 6.03 Å². The van der Waals surface area contributed by atoms with Crippen molar-refractivity contribution in [3.63, 3.8) is 0 Å². The molecule has 144 valence electrons. The van der Waals surface area contributed by atoms with Crippen LogP contribution in [0.4, 0.5) is 19.3 Å². The molecule has 5 nitrogen and oxygen atoms in total. The van der Waals surface area contributed by atoms with E-state index in [4.69, 9.17) is 0 Å². The van der Waals surface area contributed by atoms with Crippen molar-refractivity contribution in [2.24, 2.45) is 5.92 Å². The molecular weight excluding hydrogens is 340 g/mol. The second-order valence-electron chi connectivity index (χ2n) is 7.32. The van der Waals surface area contributed by atoms with Gasteiger partial charge in [0.2, 0.25) is 5.91 Å². The average molecular weight is 367 g/mol. The van der Waals surface area contributed by atoms with Crippen LogP contribution in [-0.2, 0) is 10.7 Å². The van der Waals surface area contributed by atoms with Gasteiger partial charge in [0.25, 0.3) is 5.92 Å². The standard InChI is InChI=1S/C19H27F2N3O2/c1-13(2)12-17(25)24-10-8-16(9-11-24)23-18(26)22-15-6-4-14(5-7-15)19(3,20)21/h4-7,13,16H,8-12H2,1-3H3,(H2,22,23,26). The lowest BCUT2D eigenvalue weighted by Crippen LogP contribution is -2.47. The molecule has 26 heavy (non-hydrogen) atoms. The van der Waals surface area contributed by atoms with Crippen molar-refractivity contribution in [3.05, 3.63) is 29.8 Å². The molecule has 3 amide bonds. The van der Waals surface area contributed by atoms with Crippen molar-refractivity contribution in [2.45, 2.75) is 52.0 Å². The van der Waals surface area contributed by atoms with Crippen molar-refractivity contribution >= 4 is 17.6 Å². The minimum atomic E-state index is -2.90. The highest BCUT2D eigenvalue weighted by Gasteiger charge is 2.25. The third-order valence-electron chi connectivity index (χ3n) is 4.42. The van der Waals surface area contributed by atoms with Crippen LogP contribution in [-0.4, -0.2) is 36.0 Å². The van der Waals surface area contributed by atoms with E-state index in [9.17, 15) is 18.4 Å². The van der Waals surface area contributed by atoms with E-state index < -0.39 is 5.92 Å². The van der Waals surface area contributed by atoms with Gasteiger partial charge in [-0.1, -0.05) is 26.0 Å². The molecule has 0 aromatic heterocycles. The SMILES string of the molecule is CC(C)CC(=O)N1CCC(NC(=O)Nc2ccc(C(C)(F)F)cc2)CC1. The normalized spacial score (nSPS) is 15.8. The Morgan fingerprint density at radius 1 is 1.19 bits per heavy atom. The molecular formula is C19H27F2N3O2. The number of halogens is 2. The van der Waals surface area contributed by atoms with Gasteiger partial charge in [0.05, 0.1) is 0 Å². The Morgan fingerprint density at radius 2 is 1.77 bits per heavy atom. The summed E-state index contributed by atoms with van der Waals surface area (Å²) in [5, 5.41) is 5.53. The molecule has 2 rings (SSSR count). The quantitative estimate of drug-likeness (QED) is 0.828. The van der Waals surface area contributed by atoms with E-state index in [0.29, 0.717) is 44.0 Å². The van der Waals surface area contributed by atoms with Crippen molar-refractivity contribution in [3.8, 4) is 0 Å². The predicted octanol–water partition coefficient (Wildman–Crippen LogP) is 3.96. The maximum absolute atomic E-state index is 13.2. The van der Waals surface area contributed by atoms with Crippen molar-refractivity contribution < 1.29 is 18.4 Å². The lowest BCUT2D eigenvalue weighted by Gasteiger charge is -2.32. The number of likely N-dealkylation sites (tertiary alicyclic amines) is 1. The lowest BCUT2D eigenvalue weighted by molar-refractivity contribution is -0.133. The molecule has 1 heterocycles. The van der Waals surface area contributed by atoms with E-state index >= 15 is 0 Å². The fourth-order valence-electron chi connectivity index (χ4n) is 2.95. The zero-order valence-corrected chi connectivity index (χ0v) is 15.5. The van der Waals surface area contributed by atoms with Crippen molar-refractivity contribution in [1.29, 1.82) is 0 Å². The molecule has 1 aliphatic rings. The number of amides is 3. The first-order chi connectivity index (χ1) is 12.1. The Kier molecular flexibility index (Phi) is 6.56. The fraction of sp³-hybridized carbons (Fsp3) is 0.579. The van der Waals surface area contributed by atoms with Crippen LogP contribution >= 0.6 is 0 Å². The first kappa shape index (κ1) is 20.1. The molecule has 0 unspecified atom stereocenters. The highest BCUT2D eigenvalue weighted by molar-refractivity contribution is 5.89. The third-order valence-corrected chi connectivity index (χ3v) is 4.42. The number of carbonyl (C=O) groups excluding carboxylic acids is 2. The Morgan fingerprint density at radius 3 is 2.27 bits per heavy atom. The number of benzene rings is 1. The van der Waals surface area contributed by atoms with E-state index in [2.05, 4.69) is 10.6 Å². The molecule has 0 aliphatic carbocycles. The zero-order valence-electron chi connectivity index (χ0n) is 15.5. The molecule has 1 aromatic rings. The number of nitrogens with zero attached hydrogens (tertiary/aromatic N) is 1. The van der Waals surface area contributed by atoms with Crippen LogP contribution in [0, 0.1) is 5.92 Å². The summed E-state index contributed by atoms with van der Waals surface area (Å²) in [5.41, 5.74) is 0.363. The van der Waals surface area contributed by atoms with Crippen LogP contribution in [0.3, 0.4) is 0 Å². The number of hydrogen-bond acceptors (Lipinski definition) is 2. The molecule has 7 heteroatoms. The van der Waals surface area contributed by atoms with Gasteiger partial charge in [0.15, 0.2) is 0 Å². The first-order valence-corrected chi connectivity index (χ1v) is 8.99. The number of urea groups is 1. The Labute approximate surface area is 153 Å². The zero-order chi connectivity index (χ0) is 19.3. The van der Waals surface area contributed by atoms with Gasteiger partial charge in [0.1, 0.15) is 0 Å². The summed E-state index contributed by atoms with van der Waals surface area (Å²) >= 11 is 0. The Hall–Kier alpha value is -2.18. The van der Waals surface area contributed by atoms with Crippen LogP contribution in [0.2, 0.25) is 0 Å². The number of hydrogen-bond donors (Lipinski definition) is 2. The molecule has 1 aromatic carbocycles. The van der Waals surface area contributed by atoms with Crippen molar-refractivity contribution in [2.75, 3.05) is 18.4 Å². The number of carbonyl (C=O) groups is 2. The lowest BCUT2D eigenvalue weighted by atomic mass is 10.0. The van der Waals surface area contributed by atoms with E-state index in [0.717, 1.165) is 6.92 Å². The summed E-state index contributed by atoms with van der Waals surface area (Å²) in [6.45, 7) is 6.14. The predicted molar refractivity (Wildman–Crippen MR) is 97.2 cm³/mol. The summed E-state index contributed by atoms with van der Waals surface area (Å²) in [6, 6.07) is 5.15. The molecule has 0 bridgehead atoms. The van der Waals surface area contributed by atoms with E-state index in [1.54, 1.807) is 0 Å². The van der Waals surface area contributed by atoms with Gasteiger partial charge < -0.3 is 15.5 Å². The highest BCUT2D eigenvalue weighted by atomic mass is 19.3. The first-order valence-electron chi connectivity index (χ1n) is 8.99. The van der Waals surface area contributed by atoms with E-state index in [1.165, 1.54) is 24.3 Å². The largest absolute Gasteiger partial charge is 0.343 e. The number of anilines is 1. The third kappa shape index (κ3) is 5.97. The maximum Gasteiger partial charge on any atom is 0.319 e. The van der Waals surface area contributed by atoms with Gasteiger partial charge in [-0.05, 0) is 30.9 Å². The summed E-state index contributed by atoms with van der Waals surface area (Å²) < 4.78 is 26.4. The van der Waals surface area contributed by atoms with Gasteiger partial charge in [-0.15, -0.1) is 0 Å². The number of piperidine rings is 1. The number of nitrogens with one attached hydrogen (secondary N) is 2. The molecule has 1 saturated heterocycles. The summed E-state index contributed by atoms with van der Waals surface area (Å²) in [6.07, 6.45) is 1.96. The minimum Gasteiger partial charge on any atom is -0.343 e. The van der Waals surface area contributed by atoms with Gasteiger partial charge in [-0.25, -0.2) is 13.6 Å². The topological polar surface area (TPSA) is 61.4 Å². The van der Waals surface area contributed by atoms with Crippen LogP contribution in [0.15, 0.2) is 24.3 Å². The number of alkyl halides is 2. The molecule has 0 saturated carbocycles. The van der Waals surface area contributed by atoms with Crippen LogP contribution in [0.1, 0.15) is 45.6 Å². The second kappa shape index (κ2) is 8.47. The molecule has 2 N–H and O–H groups in total. The molecule has 1 fully saturated rings. The summed E-state index contributed by atoms with van der Waals surface area (Å²) in [7, 11) is 0. The monoisotopic (exact) mass is 367 g/mol. The van der Waals surface area contributed by atoms with E-state index in [-0.39, 0.29) is 23.5 Å². The smallest absolute Gasteiger partial charge is 0.319 e. The van der Waals surface area contributed by atoms with Crippen LogP contribution in [0.5, 0.6) is 0 Å². The van der Waals surface area contributed by atoms with Crippen molar-refractivity contribution in [1.82, 2.24) is 10.2 Å². The molecule has 0 spiro atoms.